The van der Waals surface area contributed by atoms with E-state index in [1.54, 1.807) is 51.7 Å². The monoisotopic (exact) mass is 1810 g/mol. The molecule has 666 valence electrons. The first-order chi connectivity index (χ1) is 63.8. The normalized spacial score (nSPS) is 13.4. The molecule has 0 aliphatic carbocycles. The van der Waals surface area contributed by atoms with Gasteiger partial charge < -0.3 is 68.0 Å². The van der Waals surface area contributed by atoms with E-state index >= 15 is 0 Å². The number of aryl methyl sites for hydroxylation is 3. The number of rotatable bonds is 19. The number of amides is 4. The molecule has 4 N–H and O–H groups in total. The molecule has 4 amide bonds. The van der Waals surface area contributed by atoms with Gasteiger partial charge >= 0.3 is 0 Å². The minimum absolute atomic E-state index is 0.0220. The van der Waals surface area contributed by atoms with Crippen LogP contribution < -0.4 is 25.7 Å². The predicted molar refractivity (Wildman–Crippen MR) is 507 cm³/mol. The molecular formula is C101H99FN18O8S3. The highest BCUT2D eigenvalue weighted by Crippen LogP contribution is 2.34. The van der Waals surface area contributed by atoms with E-state index in [1.165, 1.54) is 43.4 Å². The van der Waals surface area contributed by atoms with Gasteiger partial charge in [-0.3, -0.25) is 19.2 Å². The molecule has 0 radical (unpaired) electrons. The average Bonchev–Trinajstić information content (AvgIpc) is 1.66. The summed E-state index contributed by atoms with van der Waals surface area (Å²) in [5.41, 5.74) is 27.2. The number of anilines is 2. The van der Waals surface area contributed by atoms with Gasteiger partial charge in [0.05, 0.1) is 104 Å². The zero-order chi connectivity index (χ0) is 90.6. The number of nitrogen functional groups attached to an aromatic ring is 2. The quantitative estimate of drug-likeness (QED) is 0.0760. The molecule has 12 heterocycles. The molecule has 4 aliphatic rings. The third-order valence-corrected chi connectivity index (χ3v) is 26.6. The lowest BCUT2D eigenvalue weighted by Gasteiger charge is -2.25. The maximum Gasteiger partial charge on any atom is 0.230 e. The number of thiazole rings is 3. The number of benzene rings is 8. The van der Waals surface area contributed by atoms with E-state index in [1.807, 2.05) is 271 Å². The van der Waals surface area contributed by atoms with Crippen molar-refractivity contribution in [3.8, 4) is 85.0 Å². The zero-order valence-corrected chi connectivity index (χ0v) is 76.1. The van der Waals surface area contributed by atoms with Crippen LogP contribution in [0.3, 0.4) is 0 Å². The van der Waals surface area contributed by atoms with E-state index in [0.29, 0.717) is 97.7 Å². The number of carbonyl (C=O) groups excluding carboxylic acids is 4. The van der Waals surface area contributed by atoms with Crippen molar-refractivity contribution in [2.24, 2.45) is 0 Å². The van der Waals surface area contributed by atoms with Crippen LogP contribution >= 0.6 is 34.0 Å². The van der Waals surface area contributed by atoms with Gasteiger partial charge in [-0.2, -0.15) is 0 Å². The van der Waals surface area contributed by atoms with Crippen molar-refractivity contribution in [2.45, 2.75) is 97.9 Å². The third kappa shape index (κ3) is 21.1. The van der Waals surface area contributed by atoms with Crippen LogP contribution in [-0.2, 0) is 96.4 Å². The number of oxazole rings is 1. The topological polar surface area (TPSA) is 297 Å². The number of para-hydroxylation sites is 4. The maximum absolute atomic E-state index is 13.8. The molecule has 0 saturated carbocycles. The molecule has 16 aromatic rings. The number of methoxy groups -OCH3 is 3. The van der Waals surface area contributed by atoms with Crippen LogP contribution in [0, 0.1) is 26.6 Å². The van der Waals surface area contributed by atoms with E-state index in [2.05, 4.69) is 19.9 Å². The van der Waals surface area contributed by atoms with Crippen LogP contribution in [0.2, 0.25) is 0 Å². The summed E-state index contributed by atoms with van der Waals surface area (Å²) in [6, 6.07) is 68.1. The van der Waals surface area contributed by atoms with Gasteiger partial charge in [0.2, 0.25) is 23.6 Å². The number of nitrogens with zero attached hydrogens (tertiary/aromatic N) is 16. The van der Waals surface area contributed by atoms with Crippen molar-refractivity contribution in [1.29, 1.82) is 0 Å². The summed E-state index contributed by atoms with van der Waals surface area (Å²) in [5, 5.41) is 2.31. The van der Waals surface area contributed by atoms with Gasteiger partial charge in [-0.15, -0.1) is 34.0 Å². The molecule has 0 atom stereocenters. The lowest BCUT2D eigenvalue weighted by molar-refractivity contribution is -0.132. The molecular weight excluding hydrogens is 1710 g/mol. The number of hydrogen-bond acceptors (Lipinski definition) is 21. The fourth-order valence-electron chi connectivity index (χ4n) is 16.6. The number of halogens is 1. The number of fused-ring (bicyclic) bond motifs is 4. The van der Waals surface area contributed by atoms with Gasteiger partial charge in [0.25, 0.3) is 0 Å². The average molecular weight is 1810 g/mol. The number of aromatic nitrogens is 12. The second-order valence-electron chi connectivity index (χ2n) is 32.1. The van der Waals surface area contributed by atoms with E-state index < -0.39 is 0 Å². The van der Waals surface area contributed by atoms with Crippen LogP contribution in [0.25, 0.3) is 67.8 Å². The molecule has 30 heteroatoms. The van der Waals surface area contributed by atoms with Crippen LogP contribution in [0.4, 0.5) is 14.7 Å². The number of nitrogens with two attached hydrogens (primary N) is 2. The summed E-state index contributed by atoms with van der Waals surface area (Å²) in [4.78, 5) is 102. The summed E-state index contributed by atoms with van der Waals surface area (Å²) >= 11 is 4.79. The fraction of sp³-hybridized carbons (Fsp3) is 0.248. The summed E-state index contributed by atoms with van der Waals surface area (Å²) in [5.74, 6) is 6.62. The molecule has 26 nitrogen and oxygen atoms in total. The van der Waals surface area contributed by atoms with Crippen LogP contribution in [0.5, 0.6) is 17.2 Å². The minimum Gasteiger partial charge on any atom is -0.497 e. The first kappa shape index (κ1) is 88.5. The summed E-state index contributed by atoms with van der Waals surface area (Å²) in [6.07, 6.45) is 14.2. The summed E-state index contributed by atoms with van der Waals surface area (Å²) in [7, 11) is 4.95. The van der Waals surface area contributed by atoms with Gasteiger partial charge in [0, 0.05) is 182 Å². The van der Waals surface area contributed by atoms with Crippen LogP contribution in [0.15, 0.2) is 242 Å². The van der Waals surface area contributed by atoms with Gasteiger partial charge in [-0.1, -0.05) is 72.8 Å². The van der Waals surface area contributed by atoms with Crippen molar-refractivity contribution < 1.29 is 42.2 Å². The smallest absolute Gasteiger partial charge is 0.230 e. The first-order valence-electron chi connectivity index (χ1n) is 43.5. The third-order valence-electron chi connectivity index (χ3n) is 23.5. The van der Waals surface area contributed by atoms with E-state index in [-0.39, 0.29) is 55.1 Å². The standard InChI is InChI=1S/C26H26N4O2S.C25H24FN5OS.C25H25N5O2S.C25H24N4O3/c1-18-27-22-12-14-29(15-13-24(22)33-18)26(31)16-25-28-23(19-8-10-21(32-2)11-9-19)17-30(25)20-6-4-3-5-7-20;1-16-13-17(7-8-19(16)26)21-15-31(18-5-3-2-4-6-18)23(28-21)14-24(32)30-11-9-20-22(10-12-30)33-25(27)29-20;1-32-19-9-7-17(8-10-19)21-16-30(18-5-3-2-4-6-18)23(27-21)15-24(31)29-13-11-20-22(12-14-29)33-25(26)28-20;1-17-26-21-12-13-28(16-23(21)32-17)25(30)14-24-27-22(18-8-10-20(31-2)11-9-18)15-29(24)19-6-4-3-5-7-19/h3-11,17H,12-16H2,1-2H3;2-8,13,15H,9-12,14H2,1H3,(H2,27,29);2-10,16H,11-15H2,1H3,(H2,26,28);3-11,15H,12-14,16H2,1-2H3. The maximum atomic E-state index is 13.8. The highest BCUT2D eigenvalue weighted by atomic mass is 32.1. The Kier molecular flexibility index (Phi) is 27.3. The highest BCUT2D eigenvalue weighted by Gasteiger charge is 2.31. The van der Waals surface area contributed by atoms with E-state index in [4.69, 9.17) is 50.0 Å². The van der Waals surface area contributed by atoms with Gasteiger partial charge in [-0.25, -0.2) is 44.3 Å². The van der Waals surface area contributed by atoms with Crippen molar-refractivity contribution in [3.05, 3.63) is 326 Å². The predicted octanol–water partition coefficient (Wildman–Crippen LogP) is 16.4. The molecule has 8 aromatic heterocycles. The Balaban J connectivity index is 0.000000122. The Labute approximate surface area is 770 Å². The molecule has 0 unspecified atom stereocenters. The van der Waals surface area contributed by atoms with E-state index in [0.717, 1.165) is 163 Å². The van der Waals surface area contributed by atoms with Crippen LogP contribution in [0.1, 0.15) is 82.9 Å². The second kappa shape index (κ2) is 40.4. The van der Waals surface area contributed by atoms with Crippen LogP contribution in [-0.4, -0.2) is 169 Å². The number of imidazole rings is 4. The van der Waals surface area contributed by atoms with Crippen molar-refractivity contribution in [1.82, 2.24) is 77.7 Å². The minimum atomic E-state index is -0.248. The Morgan fingerprint density at radius 2 is 0.664 bits per heavy atom. The molecule has 20 rings (SSSR count). The fourth-order valence-corrected chi connectivity index (χ4v) is 19.3. The molecule has 4 aliphatic heterocycles. The SMILES string of the molecule is COc1ccc(-c2cn(-c3ccccc3)c(CC(=O)N3CCc4nc(C)oc4C3)n2)cc1.COc1ccc(-c2cn(-c3ccccc3)c(CC(=O)N3CCc4nc(C)sc4CC3)n2)cc1.COc1ccc(-c2cn(-c3ccccc3)c(CC(=O)N3CCc4nc(N)sc4CC3)n2)cc1.Cc1cc(-c2cn(-c3ccccc3)c(CC(=O)N3CCc4nc(N)sc4CC3)n2)ccc1F. The van der Waals surface area contributed by atoms with Gasteiger partial charge in [-0.05, 0) is 159 Å². The largest absolute Gasteiger partial charge is 0.497 e. The Morgan fingerprint density at radius 3 is 1.02 bits per heavy atom. The second-order valence-corrected chi connectivity index (χ2v) is 35.6. The summed E-state index contributed by atoms with van der Waals surface area (Å²) in [6.45, 7) is 10.7. The summed E-state index contributed by atoms with van der Waals surface area (Å²) < 4.78 is 43.2. The zero-order valence-electron chi connectivity index (χ0n) is 73.6. The lowest BCUT2D eigenvalue weighted by atomic mass is 10.1. The number of ether oxygens (including phenoxy) is 3. The van der Waals surface area contributed by atoms with Crippen molar-refractivity contribution >= 4 is 67.9 Å². The lowest BCUT2D eigenvalue weighted by Crippen LogP contribution is -2.37. The molecule has 0 bridgehead atoms. The highest BCUT2D eigenvalue weighted by molar-refractivity contribution is 7.15. The van der Waals surface area contributed by atoms with Gasteiger partial charge in [0.15, 0.2) is 16.2 Å². The number of hydrogen-bond donors (Lipinski definition) is 2. The van der Waals surface area contributed by atoms with Gasteiger partial charge in [0.1, 0.15) is 52.1 Å². The molecule has 131 heavy (non-hydrogen) atoms. The molecule has 0 fully saturated rings. The van der Waals surface area contributed by atoms with E-state index in [9.17, 15) is 23.6 Å². The van der Waals surface area contributed by atoms with Crippen molar-refractivity contribution in [3.63, 3.8) is 0 Å². The Bertz CT molecular complexity index is 6410. The Hall–Kier alpha value is -14.5. The first-order valence-corrected chi connectivity index (χ1v) is 46.0. The van der Waals surface area contributed by atoms with Crippen molar-refractivity contribution in [2.75, 3.05) is 78.6 Å². The Morgan fingerprint density at radius 1 is 0.359 bits per heavy atom. The molecule has 0 saturated heterocycles. The molecule has 0 spiro atoms. The number of carbonyl (C=O) groups is 4. The molecule has 8 aromatic carbocycles.